The largest absolute Gasteiger partial charge is 0.453 e. The second-order valence-electron chi connectivity index (χ2n) is 15.0. The van der Waals surface area contributed by atoms with Crippen molar-refractivity contribution in [2.45, 2.75) is 0 Å². The summed E-state index contributed by atoms with van der Waals surface area (Å²) in [4.78, 5) is 20.1. The van der Waals surface area contributed by atoms with Gasteiger partial charge in [-0.25, -0.2) is 19.9 Å². The van der Waals surface area contributed by atoms with Crippen molar-refractivity contribution in [1.82, 2.24) is 24.5 Å². The van der Waals surface area contributed by atoms with E-state index in [0.29, 0.717) is 17.5 Å². The van der Waals surface area contributed by atoms with Crippen LogP contribution in [-0.2, 0) is 0 Å². The Labute approximate surface area is 344 Å². The maximum Gasteiger partial charge on any atom is 0.164 e. The highest BCUT2D eigenvalue weighted by Crippen LogP contribution is 2.45. The number of fused-ring (bicyclic) bond motifs is 8. The summed E-state index contributed by atoms with van der Waals surface area (Å²) in [6, 6.07) is 69.1. The van der Waals surface area contributed by atoms with E-state index < -0.39 is 0 Å². The molecule has 6 nitrogen and oxygen atoms in total. The summed E-state index contributed by atoms with van der Waals surface area (Å²) in [7, 11) is 0. The number of pyridine rings is 1. The molecule has 0 saturated heterocycles. The van der Waals surface area contributed by atoms with Gasteiger partial charge >= 0.3 is 0 Å². The summed E-state index contributed by atoms with van der Waals surface area (Å²) < 4.78 is 9.35. The molecule has 0 bridgehead atoms. The summed E-state index contributed by atoms with van der Waals surface area (Å²) >= 11 is 0. The van der Waals surface area contributed by atoms with E-state index in [2.05, 4.69) is 138 Å². The molecule has 0 aliphatic rings. The Kier molecular flexibility index (Phi) is 7.74. The molecule has 12 rings (SSSR count). The molecule has 0 saturated carbocycles. The Hall–Kier alpha value is -8.22. The fourth-order valence-corrected chi connectivity index (χ4v) is 8.58. The van der Waals surface area contributed by atoms with E-state index in [9.17, 15) is 0 Å². The van der Waals surface area contributed by atoms with Crippen molar-refractivity contribution < 1.29 is 4.42 Å². The Bertz CT molecular complexity index is 3510. The fourth-order valence-electron chi connectivity index (χ4n) is 8.58. The van der Waals surface area contributed by atoms with E-state index >= 15 is 0 Å². The number of para-hydroxylation sites is 2. The Morgan fingerprint density at radius 2 is 0.850 bits per heavy atom. The lowest BCUT2D eigenvalue weighted by Crippen LogP contribution is -2.00. The average Bonchev–Trinajstić information content (AvgIpc) is 3.87. The number of aromatic nitrogens is 5. The van der Waals surface area contributed by atoms with Gasteiger partial charge in [-0.05, 0) is 46.8 Å². The molecular formula is C54H33N5O. The summed E-state index contributed by atoms with van der Waals surface area (Å²) in [6.45, 7) is 0. The molecular weight excluding hydrogens is 735 g/mol. The third kappa shape index (κ3) is 5.50. The van der Waals surface area contributed by atoms with Gasteiger partial charge in [0.15, 0.2) is 23.1 Å². The van der Waals surface area contributed by atoms with Gasteiger partial charge in [0.25, 0.3) is 0 Å². The first-order valence-electron chi connectivity index (χ1n) is 20.1. The minimum absolute atomic E-state index is 0.628. The third-order valence-corrected chi connectivity index (χ3v) is 11.5. The highest BCUT2D eigenvalue weighted by Gasteiger charge is 2.25. The zero-order valence-corrected chi connectivity index (χ0v) is 32.2. The van der Waals surface area contributed by atoms with Gasteiger partial charge in [-0.2, -0.15) is 0 Å². The van der Waals surface area contributed by atoms with Crippen LogP contribution >= 0.6 is 0 Å². The summed E-state index contributed by atoms with van der Waals surface area (Å²) in [5, 5.41) is 5.40. The van der Waals surface area contributed by atoms with E-state index in [1.165, 1.54) is 10.8 Å². The van der Waals surface area contributed by atoms with Crippen LogP contribution in [0.15, 0.2) is 205 Å². The number of hydrogen-bond donors (Lipinski definition) is 0. The highest BCUT2D eigenvalue weighted by atomic mass is 16.3. The van der Waals surface area contributed by atoms with E-state index in [4.69, 9.17) is 24.4 Å². The summed E-state index contributed by atoms with van der Waals surface area (Å²) in [6.07, 6.45) is 0. The minimum Gasteiger partial charge on any atom is -0.453 e. The van der Waals surface area contributed by atoms with Gasteiger partial charge in [0.1, 0.15) is 11.1 Å². The normalized spacial score (nSPS) is 11.7. The average molecular weight is 768 g/mol. The number of benzene rings is 8. The molecule has 0 aliphatic heterocycles. The smallest absolute Gasteiger partial charge is 0.164 e. The lowest BCUT2D eigenvalue weighted by atomic mass is 9.99. The van der Waals surface area contributed by atoms with E-state index in [0.717, 1.165) is 88.6 Å². The van der Waals surface area contributed by atoms with Gasteiger partial charge in [-0.15, -0.1) is 0 Å². The lowest BCUT2D eigenvalue weighted by molar-refractivity contribution is 0.676. The van der Waals surface area contributed by atoms with Gasteiger partial charge in [0.05, 0.1) is 27.8 Å². The monoisotopic (exact) mass is 767 g/mol. The molecule has 60 heavy (non-hydrogen) atoms. The second kappa shape index (κ2) is 13.7. The van der Waals surface area contributed by atoms with Crippen molar-refractivity contribution >= 4 is 54.6 Å². The predicted molar refractivity (Wildman–Crippen MR) is 244 cm³/mol. The van der Waals surface area contributed by atoms with Crippen LogP contribution in [0.25, 0.3) is 117 Å². The van der Waals surface area contributed by atoms with Crippen molar-refractivity contribution in [3.05, 3.63) is 200 Å². The Morgan fingerprint density at radius 3 is 1.52 bits per heavy atom. The Morgan fingerprint density at radius 1 is 0.350 bits per heavy atom. The van der Waals surface area contributed by atoms with Crippen LogP contribution in [0.4, 0.5) is 0 Å². The molecule has 0 atom stereocenters. The molecule has 4 heterocycles. The van der Waals surface area contributed by atoms with E-state index in [1.54, 1.807) is 0 Å². The maximum absolute atomic E-state index is 6.99. The van der Waals surface area contributed by atoms with Crippen LogP contribution in [-0.4, -0.2) is 24.5 Å². The fraction of sp³-hybridized carbons (Fsp3) is 0. The molecule has 6 heteroatoms. The van der Waals surface area contributed by atoms with Crippen molar-refractivity contribution in [3.8, 4) is 62.2 Å². The molecule has 0 unspecified atom stereocenters. The minimum atomic E-state index is 0.628. The van der Waals surface area contributed by atoms with Crippen LogP contribution in [0.2, 0.25) is 0 Å². The third-order valence-electron chi connectivity index (χ3n) is 11.5. The van der Waals surface area contributed by atoms with Crippen molar-refractivity contribution in [3.63, 3.8) is 0 Å². The first-order chi connectivity index (χ1) is 29.7. The van der Waals surface area contributed by atoms with Crippen molar-refractivity contribution in [2.24, 2.45) is 0 Å². The Balaban J connectivity index is 0.983. The molecule has 8 aromatic carbocycles. The molecule has 0 radical (unpaired) electrons. The van der Waals surface area contributed by atoms with Crippen LogP contribution < -0.4 is 0 Å². The van der Waals surface area contributed by atoms with Gasteiger partial charge in [-0.3, -0.25) is 0 Å². The number of hydrogen-bond acceptors (Lipinski definition) is 5. The number of nitrogens with zero attached hydrogens (tertiary/aromatic N) is 5. The molecule has 0 N–H and O–H groups in total. The standard InChI is InChI=1S/C54H33N5O/c1-3-15-38(16-4-1)52-56-53(39-17-5-2-6-18-39)58-54(57-52)40-32-28-35(29-33-40)34-26-30-37(31-27-34)48-47-49-51(60-50(47)42-21-9-11-23-44(42)55-48)43-22-10-12-24-46(43)59(49)45-25-13-19-36-14-7-8-20-41(36)45/h1-33H. The molecule has 280 valence electrons. The highest BCUT2D eigenvalue weighted by molar-refractivity contribution is 6.24. The number of rotatable bonds is 6. The topological polar surface area (TPSA) is 69.6 Å². The predicted octanol–water partition coefficient (Wildman–Crippen LogP) is 13.8. The van der Waals surface area contributed by atoms with Crippen molar-refractivity contribution in [2.75, 3.05) is 0 Å². The second-order valence-corrected chi connectivity index (χ2v) is 15.0. The quantitative estimate of drug-likeness (QED) is 0.168. The van der Waals surface area contributed by atoms with Gasteiger partial charge in [0, 0.05) is 38.4 Å². The SMILES string of the molecule is c1ccc(-c2nc(-c3ccccc3)nc(-c3ccc(-c4ccc(-c5nc6ccccc6c6oc7c8ccccc8n(-c8cccc9ccccc89)c7c56)cc4)cc3)n2)cc1. The number of furan rings is 1. The maximum atomic E-state index is 6.99. The zero-order valence-electron chi connectivity index (χ0n) is 32.2. The van der Waals surface area contributed by atoms with Crippen LogP contribution in [0, 0.1) is 0 Å². The summed E-state index contributed by atoms with van der Waals surface area (Å²) in [5.41, 5.74) is 12.7. The van der Waals surface area contributed by atoms with Crippen LogP contribution in [0.3, 0.4) is 0 Å². The molecule has 4 aromatic heterocycles. The molecule has 0 spiro atoms. The van der Waals surface area contributed by atoms with E-state index in [1.807, 2.05) is 66.7 Å². The first-order valence-corrected chi connectivity index (χ1v) is 20.1. The van der Waals surface area contributed by atoms with Gasteiger partial charge < -0.3 is 8.98 Å². The summed E-state index contributed by atoms with van der Waals surface area (Å²) in [5.74, 6) is 1.91. The zero-order chi connectivity index (χ0) is 39.6. The molecule has 0 fully saturated rings. The van der Waals surface area contributed by atoms with Crippen LogP contribution in [0.1, 0.15) is 0 Å². The van der Waals surface area contributed by atoms with Gasteiger partial charge in [0.2, 0.25) is 0 Å². The van der Waals surface area contributed by atoms with Gasteiger partial charge in [-0.1, -0.05) is 170 Å². The molecule has 12 aromatic rings. The lowest BCUT2D eigenvalue weighted by Gasteiger charge is -2.13. The molecule has 0 amide bonds. The van der Waals surface area contributed by atoms with Crippen molar-refractivity contribution in [1.29, 1.82) is 0 Å². The van der Waals surface area contributed by atoms with E-state index in [-0.39, 0.29) is 0 Å². The molecule has 0 aliphatic carbocycles. The first kappa shape index (κ1) is 33.9. The van der Waals surface area contributed by atoms with Crippen LogP contribution in [0.5, 0.6) is 0 Å².